The van der Waals surface area contributed by atoms with Gasteiger partial charge in [-0.15, -0.1) is 0 Å². The molecule has 0 fully saturated rings. The average Bonchev–Trinajstić information content (AvgIpc) is 2.86. The molecule has 0 aliphatic heterocycles. The van der Waals surface area contributed by atoms with Gasteiger partial charge in [-0.05, 0) is 18.2 Å². The van der Waals surface area contributed by atoms with E-state index in [1.807, 2.05) is 0 Å². The maximum atomic E-state index is 11.1. The van der Waals surface area contributed by atoms with Crippen molar-refractivity contribution in [1.82, 2.24) is 0 Å². The highest BCUT2D eigenvalue weighted by Crippen LogP contribution is 2.25. The molecule has 0 N–H and O–H groups in total. The molecule has 0 saturated carbocycles. The van der Waals surface area contributed by atoms with Crippen LogP contribution in [-0.2, 0) is 4.79 Å². The Kier molecular flexibility index (Phi) is 3.77. The Morgan fingerprint density at radius 1 is 1.26 bits per heavy atom. The summed E-state index contributed by atoms with van der Waals surface area (Å²) in [6.07, 6.45) is 2.02. The molecule has 0 aliphatic rings. The third-order valence-corrected chi connectivity index (χ3v) is 2.73. The zero-order chi connectivity index (χ0) is 13.8. The van der Waals surface area contributed by atoms with Crippen molar-refractivity contribution in [3.05, 3.63) is 62.9 Å². The predicted molar refractivity (Wildman–Crippen MR) is 70.7 cm³/mol. The largest absolute Gasteiger partial charge is 0.433 e. The minimum absolute atomic E-state index is 0.216. The summed E-state index contributed by atoms with van der Waals surface area (Å²) in [5, 5.41) is 10.9. The first-order valence-corrected chi connectivity index (χ1v) is 5.65. The molecule has 2 rings (SSSR count). The van der Waals surface area contributed by atoms with E-state index in [1.165, 1.54) is 18.2 Å². The molecule has 0 aliphatic carbocycles. The maximum absolute atomic E-state index is 11.1. The summed E-state index contributed by atoms with van der Waals surface area (Å²) in [4.78, 5) is 20.9. The van der Waals surface area contributed by atoms with Gasteiger partial charge in [0.25, 0.3) is 0 Å². The number of nitro groups is 1. The minimum atomic E-state index is -0.645. The number of hydrogen-bond donors (Lipinski definition) is 0. The Balaban J connectivity index is 2.41. The first kappa shape index (κ1) is 13.0. The van der Waals surface area contributed by atoms with E-state index in [0.29, 0.717) is 16.9 Å². The lowest BCUT2D eigenvalue weighted by molar-refractivity contribution is -0.402. The van der Waals surface area contributed by atoms with Crippen LogP contribution in [0.1, 0.15) is 11.3 Å². The topological polar surface area (TPSA) is 73.3 Å². The number of allylic oxidation sites excluding steroid dienone is 1. The quantitative estimate of drug-likeness (QED) is 0.370. The van der Waals surface area contributed by atoms with E-state index in [2.05, 4.69) is 0 Å². The molecule has 0 radical (unpaired) electrons. The van der Waals surface area contributed by atoms with Crippen LogP contribution in [-0.4, -0.2) is 11.2 Å². The van der Waals surface area contributed by atoms with Crippen molar-refractivity contribution in [2.75, 3.05) is 0 Å². The molecule has 1 aromatic heterocycles. The molecule has 0 spiro atoms. The maximum Gasteiger partial charge on any atom is 0.433 e. The van der Waals surface area contributed by atoms with Gasteiger partial charge in [-0.1, -0.05) is 29.8 Å². The van der Waals surface area contributed by atoms with E-state index >= 15 is 0 Å². The van der Waals surface area contributed by atoms with Crippen LogP contribution in [0.25, 0.3) is 11.6 Å². The van der Waals surface area contributed by atoms with Gasteiger partial charge in [0.1, 0.15) is 10.7 Å². The van der Waals surface area contributed by atoms with E-state index < -0.39 is 4.92 Å². The highest BCUT2D eigenvalue weighted by molar-refractivity contribution is 6.34. The van der Waals surface area contributed by atoms with E-state index in [4.69, 9.17) is 16.0 Å². The smallest absolute Gasteiger partial charge is 0.401 e. The zero-order valence-electron chi connectivity index (χ0n) is 9.58. The van der Waals surface area contributed by atoms with Crippen LogP contribution in [0.3, 0.4) is 0 Å². The van der Waals surface area contributed by atoms with E-state index in [-0.39, 0.29) is 17.2 Å². The van der Waals surface area contributed by atoms with Crippen LogP contribution in [0, 0.1) is 10.1 Å². The number of aldehydes is 1. The number of furan rings is 1. The average molecular weight is 278 g/mol. The number of carbonyl (C=O) groups excluding carboxylic acids is 1. The fourth-order valence-electron chi connectivity index (χ4n) is 1.54. The molecule has 0 atom stereocenters. The summed E-state index contributed by atoms with van der Waals surface area (Å²) < 4.78 is 4.96. The summed E-state index contributed by atoms with van der Waals surface area (Å²) in [7, 11) is 0. The highest BCUT2D eigenvalue weighted by Gasteiger charge is 2.12. The normalized spacial score (nSPS) is 11.3. The molecular weight excluding hydrogens is 270 g/mol. The molecule has 6 heteroatoms. The summed E-state index contributed by atoms with van der Waals surface area (Å²) in [6, 6.07) is 9.45. The first-order valence-electron chi connectivity index (χ1n) is 5.28. The molecule has 1 heterocycles. The van der Waals surface area contributed by atoms with Crippen molar-refractivity contribution in [3.63, 3.8) is 0 Å². The summed E-state index contributed by atoms with van der Waals surface area (Å²) in [6.45, 7) is 0. The number of hydrogen-bond acceptors (Lipinski definition) is 4. The first-order chi connectivity index (χ1) is 9.11. The van der Waals surface area contributed by atoms with Crippen LogP contribution in [0.4, 0.5) is 5.88 Å². The van der Waals surface area contributed by atoms with Gasteiger partial charge in [0, 0.05) is 16.2 Å². The lowest BCUT2D eigenvalue weighted by Gasteiger charge is -2.01. The minimum Gasteiger partial charge on any atom is -0.401 e. The monoisotopic (exact) mass is 277 g/mol. The van der Waals surface area contributed by atoms with Gasteiger partial charge in [0.05, 0.1) is 6.07 Å². The predicted octanol–water partition coefficient (Wildman–Crippen LogP) is 3.58. The van der Waals surface area contributed by atoms with Gasteiger partial charge < -0.3 is 4.42 Å². The molecule has 19 heavy (non-hydrogen) atoms. The summed E-state index contributed by atoms with van der Waals surface area (Å²) in [5.74, 6) is -0.163. The van der Waals surface area contributed by atoms with Gasteiger partial charge in [0.2, 0.25) is 0 Å². The Labute approximate surface area is 113 Å². The third-order valence-electron chi connectivity index (χ3n) is 2.40. The van der Waals surface area contributed by atoms with Gasteiger partial charge in [-0.25, -0.2) is 0 Å². The second-order valence-electron chi connectivity index (χ2n) is 3.63. The van der Waals surface area contributed by atoms with E-state index in [0.717, 1.165) is 0 Å². The number of nitrogens with zero attached hydrogens (tertiary/aromatic N) is 1. The number of halogens is 1. The van der Waals surface area contributed by atoms with Crippen molar-refractivity contribution in [2.45, 2.75) is 0 Å². The molecule has 0 saturated heterocycles. The second kappa shape index (κ2) is 5.49. The molecule has 0 bridgehead atoms. The number of benzene rings is 1. The van der Waals surface area contributed by atoms with Gasteiger partial charge in [-0.3, -0.25) is 14.9 Å². The molecule has 96 valence electrons. The van der Waals surface area contributed by atoms with Gasteiger partial charge >= 0.3 is 5.88 Å². The SMILES string of the molecule is O=CC(=Cc1ccc([N+](=O)[O-])o1)c1ccccc1Cl. The Morgan fingerprint density at radius 3 is 2.58 bits per heavy atom. The standard InChI is InChI=1S/C13H8ClNO4/c14-12-4-2-1-3-11(12)9(8-16)7-10-5-6-13(19-10)15(17)18/h1-8H. The van der Waals surface area contributed by atoms with Crippen molar-refractivity contribution in [3.8, 4) is 0 Å². The summed E-state index contributed by atoms with van der Waals surface area (Å²) >= 11 is 5.98. The van der Waals surface area contributed by atoms with Gasteiger partial charge in [0.15, 0.2) is 6.29 Å². The lowest BCUT2D eigenvalue weighted by atomic mass is 10.1. The van der Waals surface area contributed by atoms with Crippen molar-refractivity contribution < 1.29 is 14.1 Å². The molecule has 5 nitrogen and oxygen atoms in total. The van der Waals surface area contributed by atoms with Crippen LogP contribution >= 0.6 is 11.6 Å². The van der Waals surface area contributed by atoms with E-state index in [9.17, 15) is 14.9 Å². The Bertz CT molecular complexity index is 660. The van der Waals surface area contributed by atoms with Crippen molar-refractivity contribution in [1.29, 1.82) is 0 Å². The fourth-order valence-corrected chi connectivity index (χ4v) is 1.79. The van der Waals surface area contributed by atoms with Crippen molar-refractivity contribution in [2.24, 2.45) is 0 Å². The van der Waals surface area contributed by atoms with Crippen LogP contribution in [0.5, 0.6) is 0 Å². The number of carbonyl (C=O) groups is 1. The zero-order valence-corrected chi connectivity index (χ0v) is 10.3. The summed E-state index contributed by atoms with van der Waals surface area (Å²) in [5.41, 5.74) is 0.827. The third kappa shape index (κ3) is 2.89. The van der Waals surface area contributed by atoms with Crippen LogP contribution in [0.2, 0.25) is 5.02 Å². The molecule has 2 aromatic rings. The Morgan fingerprint density at radius 2 is 2.00 bits per heavy atom. The molecular formula is C13H8ClNO4. The van der Waals surface area contributed by atoms with E-state index in [1.54, 1.807) is 24.3 Å². The molecule has 0 amide bonds. The molecule has 0 unspecified atom stereocenters. The highest BCUT2D eigenvalue weighted by atomic mass is 35.5. The lowest BCUT2D eigenvalue weighted by Crippen LogP contribution is -1.87. The molecule has 1 aromatic carbocycles. The fraction of sp³-hybridized carbons (Fsp3) is 0. The second-order valence-corrected chi connectivity index (χ2v) is 4.04. The van der Waals surface area contributed by atoms with Crippen LogP contribution < -0.4 is 0 Å². The number of rotatable bonds is 4. The van der Waals surface area contributed by atoms with Crippen LogP contribution in [0.15, 0.2) is 40.8 Å². The Hall–Kier alpha value is -2.40. The van der Waals surface area contributed by atoms with Gasteiger partial charge in [-0.2, -0.15) is 0 Å². The van der Waals surface area contributed by atoms with Crippen molar-refractivity contribution >= 4 is 35.4 Å².